The maximum Gasteiger partial charge on any atom is 0.410 e. The van der Waals surface area contributed by atoms with E-state index in [1.54, 1.807) is 4.90 Å². The number of methoxy groups -OCH3 is 1. The number of nitrogens with two attached hydrogens (primary N) is 1. The highest BCUT2D eigenvalue weighted by Gasteiger charge is 2.33. The van der Waals surface area contributed by atoms with E-state index in [4.69, 9.17) is 15.2 Å². The molecule has 1 aliphatic heterocycles. The maximum atomic E-state index is 11.9. The fourth-order valence-electron chi connectivity index (χ4n) is 2.44. The van der Waals surface area contributed by atoms with Crippen LogP contribution in [0.25, 0.3) is 0 Å². The monoisotopic (exact) mass is 286 g/mol. The molecular weight excluding hydrogens is 260 g/mol. The van der Waals surface area contributed by atoms with Crippen molar-refractivity contribution in [2.45, 2.75) is 39.2 Å². The highest BCUT2D eigenvalue weighted by Crippen LogP contribution is 2.26. The van der Waals surface area contributed by atoms with Crippen LogP contribution in [0.2, 0.25) is 0 Å². The van der Waals surface area contributed by atoms with Gasteiger partial charge in [-0.25, -0.2) is 4.79 Å². The molecule has 1 amide bonds. The summed E-state index contributed by atoms with van der Waals surface area (Å²) < 4.78 is 10.1. The molecular formula is C14H26N2O4. The van der Waals surface area contributed by atoms with Crippen molar-refractivity contribution in [3.8, 4) is 0 Å². The van der Waals surface area contributed by atoms with Crippen molar-refractivity contribution in [1.82, 2.24) is 4.90 Å². The van der Waals surface area contributed by atoms with Crippen LogP contribution in [-0.4, -0.2) is 49.3 Å². The van der Waals surface area contributed by atoms with E-state index in [0.29, 0.717) is 13.1 Å². The molecule has 1 unspecified atom stereocenters. The second-order valence-electron chi connectivity index (χ2n) is 6.17. The molecule has 1 atom stereocenters. The Bertz CT molecular complexity index is 344. The third kappa shape index (κ3) is 4.67. The summed E-state index contributed by atoms with van der Waals surface area (Å²) >= 11 is 0. The summed E-state index contributed by atoms with van der Waals surface area (Å²) in [7, 11) is 1.38. The Morgan fingerprint density at radius 3 is 2.25 bits per heavy atom. The van der Waals surface area contributed by atoms with Gasteiger partial charge in [0.2, 0.25) is 0 Å². The second kappa shape index (κ2) is 6.92. The molecule has 0 spiro atoms. The Balaban J connectivity index is 2.51. The maximum absolute atomic E-state index is 11.9. The average Bonchev–Trinajstić information content (AvgIpc) is 2.38. The van der Waals surface area contributed by atoms with Crippen LogP contribution in [0.5, 0.6) is 0 Å². The number of nitrogens with zero attached hydrogens (tertiary/aromatic N) is 1. The summed E-state index contributed by atoms with van der Waals surface area (Å²) in [6, 6.07) is 0. The molecule has 0 aliphatic carbocycles. The van der Waals surface area contributed by atoms with Crippen molar-refractivity contribution < 1.29 is 19.1 Å². The minimum Gasteiger partial charge on any atom is -0.469 e. The van der Waals surface area contributed by atoms with Crippen LogP contribution in [-0.2, 0) is 14.3 Å². The Morgan fingerprint density at radius 2 is 1.85 bits per heavy atom. The van der Waals surface area contributed by atoms with Gasteiger partial charge in [0.05, 0.1) is 13.0 Å². The third-order valence-electron chi connectivity index (χ3n) is 3.52. The van der Waals surface area contributed by atoms with Crippen LogP contribution < -0.4 is 5.73 Å². The third-order valence-corrected chi connectivity index (χ3v) is 3.52. The van der Waals surface area contributed by atoms with Crippen molar-refractivity contribution in [3.63, 3.8) is 0 Å². The summed E-state index contributed by atoms with van der Waals surface area (Å²) in [5, 5.41) is 0. The predicted octanol–water partition coefficient (Wildman–Crippen LogP) is 1.38. The number of likely N-dealkylation sites (tertiary alicyclic amines) is 1. The fourth-order valence-corrected chi connectivity index (χ4v) is 2.44. The molecule has 1 saturated heterocycles. The topological polar surface area (TPSA) is 81.9 Å². The van der Waals surface area contributed by atoms with Gasteiger partial charge in [-0.05, 0) is 39.5 Å². The Morgan fingerprint density at radius 1 is 1.30 bits per heavy atom. The predicted molar refractivity (Wildman–Crippen MR) is 75.1 cm³/mol. The summed E-state index contributed by atoms with van der Waals surface area (Å²) in [5.41, 5.74) is 5.17. The van der Waals surface area contributed by atoms with Gasteiger partial charge < -0.3 is 20.1 Å². The zero-order valence-corrected chi connectivity index (χ0v) is 12.8. The van der Waals surface area contributed by atoms with Gasteiger partial charge in [-0.2, -0.15) is 0 Å². The SMILES string of the molecule is COC(=O)C(CN)C1CCN(C(=O)OC(C)(C)C)CC1. The van der Waals surface area contributed by atoms with Crippen LogP contribution in [0.4, 0.5) is 4.79 Å². The molecule has 1 aliphatic rings. The van der Waals surface area contributed by atoms with Crippen molar-refractivity contribution in [2.24, 2.45) is 17.6 Å². The Kier molecular flexibility index (Phi) is 5.80. The largest absolute Gasteiger partial charge is 0.469 e. The Hall–Kier alpha value is -1.30. The molecule has 0 radical (unpaired) electrons. The number of rotatable bonds is 3. The van der Waals surface area contributed by atoms with Gasteiger partial charge >= 0.3 is 12.1 Å². The van der Waals surface area contributed by atoms with Crippen molar-refractivity contribution in [1.29, 1.82) is 0 Å². The first-order valence-corrected chi connectivity index (χ1v) is 7.04. The van der Waals surface area contributed by atoms with Crippen LogP contribution in [0.1, 0.15) is 33.6 Å². The first-order valence-electron chi connectivity index (χ1n) is 7.04. The van der Waals surface area contributed by atoms with E-state index in [1.807, 2.05) is 20.8 Å². The molecule has 6 nitrogen and oxygen atoms in total. The molecule has 0 aromatic heterocycles. The minimum absolute atomic E-state index is 0.172. The first kappa shape index (κ1) is 16.8. The molecule has 2 N–H and O–H groups in total. The van der Waals surface area contributed by atoms with Gasteiger partial charge in [0.15, 0.2) is 0 Å². The van der Waals surface area contributed by atoms with E-state index in [2.05, 4.69) is 0 Å². The molecule has 0 aromatic carbocycles. The number of hydrogen-bond acceptors (Lipinski definition) is 5. The van der Waals surface area contributed by atoms with Crippen molar-refractivity contribution >= 4 is 12.1 Å². The molecule has 116 valence electrons. The average molecular weight is 286 g/mol. The van der Waals surface area contributed by atoms with Crippen molar-refractivity contribution in [3.05, 3.63) is 0 Å². The molecule has 6 heteroatoms. The molecule has 0 aromatic rings. The van der Waals surface area contributed by atoms with Crippen LogP contribution in [0.3, 0.4) is 0 Å². The molecule has 0 bridgehead atoms. The minimum atomic E-state index is -0.486. The number of amides is 1. The van der Waals surface area contributed by atoms with Crippen molar-refractivity contribution in [2.75, 3.05) is 26.7 Å². The summed E-state index contributed by atoms with van der Waals surface area (Å²) in [4.78, 5) is 25.3. The van der Waals surface area contributed by atoms with Gasteiger partial charge in [-0.3, -0.25) is 4.79 Å². The van der Waals surface area contributed by atoms with E-state index in [0.717, 1.165) is 12.8 Å². The standard InChI is InChI=1S/C14H26N2O4/c1-14(2,3)20-13(18)16-7-5-10(6-8-16)11(9-15)12(17)19-4/h10-11H,5-9,15H2,1-4H3. The quantitative estimate of drug-likeness (QED) is 0.793. The lowest BCUT2D eigenvalue weighted by Gasteiger charge is -2.35. The zero-order valence-electron chi connectivity index (χ0n) is 12.8. The van der Waals surface area contributed by atoms with Crippen LogP contribution in [0, 0.1) is 11.8 Å². The van der Waals surface area contributed by atoms with Gasteiger partial charge in [0, 0.05) is 19.6 Å². The second-order valence-corrected chi connectivity index (χ2v) is 6.17. The number of carbonyl (C=O) groups is 2. The van der Waals surface area contributed by atoms with Crippen LogP contribution >= 0.6 is 0 Å². The fraction of sp³-hybridized carbons (Fsp3) is 0.857. The summed E-state index contributed by atoms with van der Waals surface area (Å²) in [6.07, 6.45) is 1.20. The number of hydrogen-bond donors (Lipinski definition) is 1. The molecule has 1 rings (SSSR count). The van der Waals surface area contributed by atoms with E-state index < -0.39 is 5.60 Å². The van der Waals surface area contributed by atoms with Gasteiger partial charge in [0.25, 0.3) is 0 Å². The molecule has 0 saturated carbocycles. The normalized spacial score (nSPS) is 18.6. The lowest BCUT2D eigenvalue weighted by molar-refractivity contribution is -0.147. The van der Waals surface area contributed by atoms with E-state index >= 15 is 0 Å². The molecule has 20 heavy (non-hydrogen) atoms. The van der Waals surface area contributed by atoms with E-state index in [-0.39, 0.29) is 30.4 Å². The Labute approximate surface area is 120 Å². The highest BCUT2D eigenvalue weighted by molar-refractivity contribution is 5.73. The summed E-state index contributed by atoms with van der Waals surface area (Å²) in [5.74, 6) is -0.366. The first-order chi connectivity index (χ1) is 9.28. The van der Waals surface area contributed by atoms with Gasteiger partial charge in [0.1, 0.15) is 5.60 Å². The smallest absolute Gasteiger partial charge is 0.410 e. The molecule has 1 heterocycles. The zero-order chi connectivity index (χ0) is 15.3. The van der Waals surface area contributed by atoms with Gasteiger partial charge in [-0.15, -0.1) is 0 Å². The van der Waals surface area contributed by atoms with Crippen LogP contribution in [0.15, 0.2) is 0 Å². The highest BCUT2D eigenvalue weighted by atomic mass is 16.6. The summed E-state index contributed by atoms with van der Waals surface area (Å²) in [6.45, 7) is 7.00. The van der Waals surface area contributed by atoms with E-state index in [9.17, 15) is 9.59 Å². The number of esters is 1. The number of piperidine rings is 1. The lowest BCUT2D eigenvalue weighted by atomic mass is 9.84. The number of ether oxygens (including phenoxy) is 2. The van der Waals surface area contributed by atoms with E-state index in [1.165, 1.54) is 7.11 Å². The lowest BCUT2D eigenvalue weighted by Crippen LogP contribution is -2.44. The van der Waals surface area contributed by atoms with Gasteiger partial charge in [-0.1, -0.05) is 0 Å². The number of carbonyl (C=O) groups excluding carboxylic acids is 2. The molecule has 1 fully saturated rings.